The number of allylic oxidation sites excluding steroid dienone is 1. The minimum Gasteiger partial charge on any atom is -0.452 e. The number of halogens is 1. The molecule has 146 valence electrons. The maximum Gasteiger partial charge on any atom is 0.379 e. The number of carbonyl (C=O) groups excluding carboxylic acids is 2. The van der Waals surface area contributed by atoms with E-state index in [1.54, 1.807) is 30.3 Å². The molecule has 0 spiro atoms. The normalized spacial score (nSPS) is 14.0. The highest BCUT2D eigenvalue weighted by Gasteiger charge is 2.28. The molecule has 0 aliphatic carbocycles. The summed E-state index contributed by atoms with van der Waals surface area (Å²) in [5.41, 5.74) is 1.84. The van der Waals surface area contributed by atoms with Gasteiger partial charge in [-0.3, -0.25) is 4.79 Å². The molecule has 5 nitrogen and oxygen atoms in total. The monoisotopic (exact) mass is 460 g/mol. The van der Waals surface area contributed by atoms with Gasteiger partial charge in [0.1, 0.15) is 17.1 Å². The summed E-state index contributed by atoms with van der Waals surface area (Å²) in [4.78, 5) is 25.1. The van der Waals surface area contributed by atoms with Gasteiger partial charge in [-0.2, -0.15) is 0 Å². The summed E-state index contributed by atoms with van der Waals surface area (Å²) >= 11 is 3.45. The summed E-state index contributed by atoms with van der Waals surface area (Å²) in [6.07, 6.45) is 1.67. The number of para-hydroxylation sites is 1. The first-order valence-electron chi connectivity index (χ1n) is 9.12. The second-order valence-electron chi connectivity index (χ2n) is 6.66. The van der Waals surface area contributed by atoms with Crippen molar-refractivity contribution in [2.75, 3.05) is 0 Å². The largest absolute Gasteiger partial charge is 0.452 e. The van der Waals surface area contributed by atoms with Gasteiger partial charge in [-0.25, -0.2) is 4.79 Å². The Morgan fingerprint density at radius 3 is 2.60 bits per heavy atom. The Morgan fingerprint density at radius 1 is 0.967 bits per heavy atom. The van der Waals surface area contributed by atoms with Crippen molar-refractivity contribution in [3.63, 3.8) is 0 Å². The fourth-order valence-corrected chi connectivity index (χ4v) is 3.60. The van der Waals surface area contributed by atoms with Crippen LogP contribution in [-0.2, 0) is 0 Å². The zero-order valence-corrected chi connectivity index (χ0v) is 17.0. The van der Waals surface area contributed by atoms with Crippen LogP contribution in [0.2, 0.25) is 0 Å². The first kappa shape index (κ1) is 18.4. The number of hydrogen-bond acceptors (Lipinski definition) is 5. The molecule has 1 aromatic heterocycles. The van der Waals surface area contributed by atoms with Crippen LogP contribution >= 0.6 is 15.9 Å². The smallest absolute Gasteiger partial charge is 0.379 e. The Morgan fingerprint density at radius 2 is 1.77 bits per heavy atom. The van der Waals surface area contributed by atoms with Crippen molar-refractivity contribution in [1.29, 1.82) is 0 Å². The molecule has 0 bridgehead atoms. The maximum absolute atomic E-state index is 12.6. The zero-order valence-electron chi connectivity index (χ0n) is 15.4. The first-order valence-corrected chi connectivity index (χ1v) is 9.91. The Balaban J connectivity index is 1.39. The zero-order chi connectivity index (χ0) is 20.7. The minimum absolute atomic E-state index is 0.100. The number of ketones is 1. The van der Waals surface area contributed by atoms with E-state index >= 15 is 0 Å². The Hall–Kier alpha value is -3.64. The number of ether oxygens (including phenoxy) is 2. The highest BCUT2D eigenvalue weighted by molar-refractivity contribution is 9.10. The van der Waals surface area contributed by atoms with E-state index in [1.165, 1.54) is 6.07 Å². The van der Waals surface area contributed by atoms with Gasteiger partial charge >= 0.3 is 5.97 Å². The fourth-order valence-electron chi connectivity index (χ4n) is 3.20. The number of furan rings is 1. The molecule has 4 aromatic rings. The lowest BCUT2D eigenvalue weighted by Crippen LogP contribution is -2.07. The third-order valence-electron chi connectivity index (χ3n) is 4.67. The van der Waals surface area contributed by atoms with Gasteiger partial charge in [0.15, 0.2) is 5.76 Å². The standard InChI is InChI=1S/C24H13BrO5/c25-18-7-3-1-5-14(18)11-21-23(26)17-10-9-16(13-20(17)30-21)28-24(27)22-12-15-6-2-4-8-19(15)29-22/h1-13H/b21-11-. The lowest BCUT2D eigenvalue weighted by Gasteiger charge is -2.04. The van der Waals surface area contributed by atoms with Crippen LogP contribution in [0.1, 0.15) is 26.5 Å². The molecule has 3 aromatic carbocycles. The van der Waals surface area contributed by atoms with Crippen molar-refractivity contribution in [2.24, 2.45) is 0 Å². The quantitative estimate of drug-likeness (QED) is 0.212. The van der Waals surface area contributed by atoms with Gasteiger partial charge in [0.05, 0.1) is 5.56 Å². The third kappa shape index (κ3) is 3.31. The summed E-state index contributed by atoms with van der Waals surface area (Å²) in [6.45, 7) is 0. The molecule has 1 aliphatic heterocycles. The summed E-state index contributed by atoms with van der Waals surface area (Å²) in [5, 5.41) is 0.814. The lowest BCUT2D eigenvalue weighted by molar-refractivity contribution is 0.0703. The number of esters is 1. The average molecular weight is 461 g/mol. The fraction of sp³-hybridized carbons (Fsp3) is 0. The molecular formula is C24H13BrO5. The van der Waals surface area contributed by atoms with Crippen molar-refractivity contribution in [2.45, 2.75) is 0 Å². The molecule has 0 saturated carbocycles. The first-order chi connectivity index (χ1) is 14.6. The number of Topliss-reactive ketones (excluding diaryl/α,β-unsaturated/α-hetero) is 1. The van der Waals surface area contributed by atoms with Crippen molar-refractivity contribution >= 4 is 44.7 Å². The Labute approximate surface area is 179 Å². The van der Waals surface area contributed by atoms with Gasteiger partial charge in [-0.1, -0.05) is 52.3 Å². The van der Waals surface area contributed by atoms with Crippen LogP contribution in [0.15, 0.2) is 87.4 Å². The van der Waals surface area contributed by atoms with Crippen LogP contribution in [0.4, 0.5) is 0 Å². The summed E-state index contributed by atoms with van der Waals surface area (Å²) in [5.74, 6) is 0.0543. The molecule has 0 saturated heterocycles. The van der Waals surface area contributed by atoms with Crippen LogP contribution in [0, 0.1) is 0 Å². The molecule has 0 fully saturated rings. The second-order valence-corrected chi connectivity index (χ2v) is 7.51. The van der Waals surface area contributed by atoms with Crippen molar-refractivity contribution in [3.8, 4) is 11.5 Å². The topological polar surface area (TPSA) is 65.7 Å². The van der Waals surface area contributed by atoms with E-state index in [-0.39, 0.29) is 23.1 Å². The van der Waals surface area contributed by atoms with E-state index in [0.717, 1.165) is 15.4 Å². The molecule has 5 rings (SSSR count). The molecule has 30 heavy (non-hydrogen) atoms. The van der Waals surface area contributed by atoms with Crippen LogP contribution in [0.25, 0.3) is 17.0 Å². The summed E-state index contributed by atoms with van der Waals surface area (Å²) in [7, 11) is 0. The van der Waals surface area contributed by atoms with E-state index in [4.69, 9.17) is 13.9 Å². The summed E-state index contributed by atoms with van der Waals surface area (Å²) < 4.78 is 17.5. The van der Waals surface area contributed by atoms with Crippen LogP contribution in [-0.4, -0.2) is 11.8 Å². The van der Waals surface area contributed by atoms with Gasteiger partial charge in [-0.05, 0) is 42.0 Å². The van der Waals surface area contributed by atoms with Crippen molar-refractivity contribution < 1.29 is 23.5 Å². The number of benzene rings is 3. The van der Waals surface area contributed by atoms with E-state index in [0.29, 0.717) is 16.9 Å². The van der Waals surface area contributed by atoms with Gasteiger partial charge in [-0.15, -0.1) is 0 Å². The minimum atomic E-state index is -0.626. The SMILES string of the molecule is O=C(Oc1ccc2c(c1)O/C(=C\c1ccccc1Br)C2=O)c1cc2ccccc2o1. The lowest BCUT2D eigenvalue weighted by atomic mass is 10.1. The van der Waals surface area contributed by atoms with Gasteiger partial charge < -0.3 is 13.9 Å². The molecule has 0 amide bonds. The van der Waals surface area contributed by atoms with E-state index in [9.17, 15) is 9.59 Å². The second kappa shape index (κ2) is 7.31. The highest BCUT2D eigenvalue weighted by Crippen LogP contribution is 2.35. The van der Waals surface area contributed by atoms with Gasteiger partial charge in [0.25, 0.3) is 0 Å². The molecule has 0 radical (unpaired) electrons. The maximum atomic E-state index is 12.6. The number of fused-ring (bicyclic) bond motifs is 2. The highest BCUT2D eigenvalue weighted by atomic mass is 79.9. The molecule has 2 heterocycles. The molecule has 1 aliphatic rings. The number of hydrogen-bond donors (Lipinski definition) is 0. The third-order valence-corrected chi connectivity index (χ3v) is 5.39. The predicted molar refractivity (Wildman–Crippen MR) is 115 cm³/mol. The Bertz CT molecular complexity index is 1320. The summed E-state index contributed by atoms with van der Waals surface area (Å²) in [6, 6.07) is 21.1. The van der Waals surface area contributed by atoms with Crippen molar-refractivity contribution in [1.82, 2.24) is 0 Å². The van der Waals surface area contributed by atoms with E-state index in [1.807, 2.05) is 42.5 Å². The predicted octanol–water partition coefficient (Wildman–Crippen LogP) is 6.03. The van der Waals surface area contributed by atoms with E-state index in [2.05, 4.69) is 15.9 Å². The molecule has 6 heteroatoms. The average Bonchev–Trinajstić information content (AvgIpc) is 3.31. The van der Waals surface area contributed by atoms with Gasteiger partial charge in [0.2, 0.25) is 11.5 Å². The number of rotatable bonds is 3. The van der Waals surface area contributed by atoms with Crippen molar-refractivity contribution in [3.05, 3.63) is 99.9 Å². The Kier molecular flexibility index (Phi) is 4.48. The molecular weight excluding hydrogens is 448 g/mol. The molecule has 0 unspecified atom stereocenters. The molecule has 0 N–H and O–H groups in total. The molecule has 0 atom stereocenters. The van der Waals surface area contributed by atoms with Crippen LogP contribution in [0.3, 0.4) is 0 Å². The van der Waals surface area contributed by atoms with Crippen LogP contribution < -0.4 is 9.47 Å². The number of carbonyl (C=O) groups is 2. The van der Waals surface area contributed by atoms with E-state index < -0.39 is 5.97 Å². The van der Waals surface area contributed by atoms with Crippen LogP contribution in [0.5, 0.6) is 11.5 Å². The van der Waals surface area contributed by atoms with Gasteiger partial charge in [0, 0.05) is 15.9 Å².